The minimum Gasteiger partial charge on any atom is -0.385 e. The molecule has 1 unspecified atom stereocenters. The summed E-state index contributed by atoms with van der Waals surface area (Å²) in [7, 11) is 2.16. The second-order valence-corrected chi connectivity index (χ2v) is 6.16. The van der Waals surface area contributed by atoms with Crippen molar-refractivity contribution >= 4 is 11.6 Å². The van der Waals surface area contributed by atoms with Gasteiger partial charge in [-0.1, -0.05) is 13.0 Å². The van der Waals surface area contributed by atoms with Gasteiger partial charge in [0.1, 0.15) is 0 Å². The Morgan fingerprint density at radius 3 is 3.05 bits per heavy atom. The van der Waals surface area contributed by atoms with Gasteiger partial charge in [0.15, 0.2) is 0 Å². The van der Waals surface area contributed by atoms with Crippen LogP contribution in [0.15, 0.2) is 18.2 Å². The van der Waals surface area contributed by atoms with E-state index in [0.29, 0.717) is 6.04 Å². The second kappa shape index (κ2) is 6.06. The lowest BCUT2D eigenvalue weighted by molar-refractivity contribution is 0.0541. The number of benzene rings is 1. The van der Waals surface area contributed by atoms with Crippen LogP contribution in [0.25, 0.3) is 0 Å². The molecule has 4 nitrogen and oxygen atoms in total. The summed E-state index contributed by atoms with van der Waals surface area (Å²) in [6.45, 7) is 5.86. The first-order chi connectivity index (χ1) is 10.2. The van der Waals surface area contributed by atoms with Gasteiger partial charge < -0.3 is 10.2 Å². The van der Waals surface area contributed by atoms with E-state index in [-0.39, 0.29) is 5.91 Å². The van der Waals surface area contributed by atoms with Crippen molar-refractivity contribution in [1.29, 1.82) is 0 Å². The van der Waals surface area contributed by atoms with Gasteiger partial charge in [0.05, 0.1) is 0 Å². The molecular weight excluding hydrogens is 262 g/mol. The van der Waals surface area contributed by atoms with Crippen molar-refractivity contribution < 1.29 is 4.79 Å². The van der Waals surface area contributed by atoms with Crippen molar-refractivity contribution in [3.63, 3.8) is 0 Å². The van der Waals surface area contributed by atoms with E-state index in [1.807, 2.05) is 17.0 Å². The van der Waals surface area contributed by atoms with Crippen LogP contribution < -0.4 is 5.32 Å². The number of nitrogens with zero attached hydrogens (tertiary/aromatic N) is 2. The highest BCUT2D eigenvalue weighted by Crippen LogP contribution is 2.27. The average Bonchev–Trinajstić information content (AvgIpc) is 2.54. The van der Waals surface area contributed by atoms with E-state index in [9.17, 15) is 4.79 Å². The van der Waals surface area contributed by atoms with Crippen LogP contribution in [-0.2, 0) is 6.42 Å². The minimum absolute atomic E-state index is 0.210. The third-order valence-electron chi connectivity index (χ3n) is 4.86. The van der Waals surface area contributed by atoms with Crippen LogP contribution in [-0.4, -0.2) is 55.0 Å². The molecule has 0 spiro atoms. The first-order valence-electron chi connectivity index (χ1n) is 8.06. The van der Waals surface area contributed by atoms with Crippen molar-refractivity contribution in [2.75, 3.05) is 38.5 Å². The predicted octanol–water partition coefficient (Wildman–Crippen LogP) is 2.21. The van der Waals surface area contributed by atoms with Gasteiger partial charge in [-0.15, -0.1) is 0 Å². The molecule has 0 aromatic heterocycles. The van der Waals surface area contributed by atoms with Crippen LogP contribution in [0, 0.1) is 0 Å². The van der Waals surface area contributed by atoms with Crippen molar-refractivity contribution in [3.05, 3.63) is 29.3 Å². The third kappa shape index (κ3) is 2.77. The van der Waals surface area contributed by atoms with Crippen molar-refractivity contribution in [2.45, 2.75) is 32.2 Å². The third-order valence-corrected chi connectivity index (χ3v) is 4.86. The van der Waals surface area contributed by atoms with Crippen molar-refractivity contribution in [3.8, 4) is 0 Å². The average molecular weight is 287 g/mol. The highest BCUT2D eigenvalue weighted by molar-refractivity contribution is 5.97. The minimum atomic E-state index is 0.210. The Kier molecular flexibility index (Phi) is 4.15. The summed E-state index contributed by atoms with van der Waals surface area (Å²) in [5, 5.41) is 3.41. The molecule has 2 aliphatic rings. The lowest BCUT2D eigenvalue weighted by Gasteiger charge is -2.39. The Balaban J connectivity index is 1.82. The highest BCUT2D eigenvalue weighted by atomic mass is 16.2. The number of fused-ring (bicyclic) bond motifs is 1. The molecule has 1 N–H and O–H groups in total. The standard InChI is InChI=1S/C17H25N3O/c1-3-13-12-20(11-10-19(13)2)17(21)15-6-4-8-16-14(15)7-5-9-18-16/h4,6,8,13,18H,3,5,7,9-12H2,1-2H3. The molecule has 0 saturated carbocycles. The van der Waals surface area contributed by atoms with Gasteiger partial charge in [0, 0.05) is 43.5 Å². The number of hydrogen-bond acceptors (Lipinski definition) is 3. The molecule has 0 bridgehead atoms. The summed E-state index contributed by atoms with van der Waals surface area (Å²) in [5.41, 5.74) is 3.26. The lowest BCUT2D eigenvalue weighted by Crippen LogP contribution is -2.53. The number of hydrogen-bond donors (Lipinski definition) is 1. The number of amides is 1. The fraction of sp³-hybridized carbons (Fsp3) is 0.588. The van der Waals surface area contributed by atoms with Crippen LogP contribution in [0.3, 0.4) is 0 Å². The van der Waals surface area contributed by atoms with E-state index in [0.717, 1.165) is 56.7 Å². The Morgan fingerprint density at radius 2 is 2.24 bits per heavy atom. The summed E-state index contributed by atoms with van der Waals surface area (Å²) in [6.07, 6.45) is 3.21. The predicted molar refractivity (Wildman–Crippen MR) is 85.9 cm³/mol. The summed E-state index contributed by atoms with van der Waals surface area (Å²) >= 11 is 0. The maximum absolute atomic E-state index is 12.9. The smallest absolute Gasteiger partial charge is 0.254 e. The lowest BCUT2D eigenvalue weighted by atomic mass is 9.96. The number of anilines is 1. The zero-order chi connectivity index (χ0) is 14.8. The largest absolute Gasteiger partial charge is 0.385 e. The molecular formula is C17H25N3O. The molecule has 1 atom stereocenters. The molecule has 1 saturated heterocycles. The molecule has 1 amide bonds. The fourth-order valence-corrected chi connectivity index (χ4v) is 3.45. The molecule has 0 aliphatic carbocycles. The van der Waals surface area contributed by atoms with Crippen molar-refractivity contribution in [1.82, 2.24) is 9.80 Å². The Labute approximate surface area is 127 Å². The molecule has 1 fully saturated rings. The van der Waals surface area contributed by atoms with Crippen LogP contribution in [0.4, 0.5) is 5.69 Å². The van der Waals surface area contributed by atoms with Gasteiger partial charge in [-0.2, -0.15) is 0 Å². The molecule has 1 aromatic rings. The van der Waals surface area contributed by atoms with Gasteiger partial charge in [-0.05, 0) is 44.0 Å². The maximum Gasteiger partial charge on any atom is 0.254 e. The number of rotatable bonds is 2. The zero-order valence-corrected chi connectivity index (χ0v) is 13.1. The Bertz CT molecular complexity index is 529. The van der Waals surface area contributed by atoms with Gasteiger partial charge in [0.2, 0.25) is 0 Å². The van der Waals surface area contributed by atoms with Gasteiger partial charge in [-0.25, -0.2) is 0 Å². The summed E-state index contributed by atoms with van der Waals surface area (Å²) in [5.74, 6) is 0.210. The molecule has 3 rings (SSSR count). The normalized spacial score (nSPS) is 22.6. The van der Waals surface area contributed by atoms with Crippen LogP contribution in [0.5, 0.6) is 0 Å². The van der Waals surface area contributed by atoms with Crippen LogP contribution >= 0.6 is 0 Å². The van der Waals surface area contributed by atoms with Gasteiger partial charge >= 0.3 is 0 Å². The molecule has 0 radical (unpaired) electrons. The van der Waals surface area contributed by atoms with Crippen molar-refractivity contribution in [2.24, 2.45) is 0 Å². The van der Waals surface area contributed by atoms with E-state index in [1.54, 1.807) is 0 Å². The van der Waals surface area contributed by atoms with E-state index in [4.69, 9.17) is 0 Å². The summed E-state index contributed by atoms with van der Waals surface area (Å²) < 4.78 is 0. The number of carbonyl (C=O) groups excluding carboxylic acids is 1. The first kappa shape index (κ1) is 14.4. The SMILES string of the molecule is CCC1CN(C(=O)c2cccc3c2CCCN3)CCN1C. The highest BCUT2D eigenvalue weighted by Gasteiger charge is 2.28. The van der Waals surface area contributed by atoms with Crippen LogP contribution in [0.2, 0.25) is 0 Å². The molecule has 114 valence electrons. The zero-order valence-electron chi connectivity index (χ0n) is 13.1. The van der Waals surface area contributed by atoms with E-state index < -0.39 is 0 Å². The maximum atomic E-state index is 12.9. The van der Waals surface area contributed by atoms with Gasteiger partial charge in [-0.3, -0.25) is 9.69 Å². The number of likely N-dealkylation sites (N-methyl/N-ethyl adjacent to an activating group) is 1. The second-order valence-electron chi connectivity index (χ2n) is 6.16. The fourth-order valence-electron chi connectivity index (χ4n) is 3.45. The topological polar surface area (TPSA) is 35.6 Å². The number of nitrogens with one attached hydrogen (secondary N) is 1. The number of piperazine rings is 1. The Hall–Kier alpha value is -1.55. The first-order valence-corrected chi connectivity index (χ1v) is 8.06. The molecule has 21 heavy (non-hydrogen) atoms. The molecule has 2 heterocycles. The van der Waals surface area contributed by atoms with Gasteiger partial charge in [0.25, 0.3) is 5.91 Å². The Morgan fingerprint density at radius 1 is 1.38 bits per heavy atom. The quantitative estimate of drug-likeness (QED) is 0.906. The van der Waals surface area contributed by atoms with E-state index >= 15 is 0 Å². The van der Waals surface area contributed by atoms with Crippen LogP contribution in [0.1, 0.15) is 35.7 Å². The number of carbonyl (C=O) groups is 1. The molecule has 2 aliphatic heterocycles. The molecule has 1 aromatic carbocycles. The van der Waals surface area contributed by atoms with E-state index in [2.05, 4.69) is 30.3 Å². The monoisotopic (exact) mass is 287 g/mol. The summed E-state index contributed by atoms with van der Waals surface area (Å²) in [4.78, 5) is 17.3. The molecule has 4 heteroatoms. The summed E-state index contributed by atoms with van der Waals surface area (Å²) in [6, 6.07) is 6.57. The van der Waals surface area contributed by atoms with E-state index in [1.165, 1.54) is 5.56 Å².